The number of rotatable bonds is 7. The van der Waals surface area contributed by atoms with Crippen LogP contribution in [0.1, 0.15) is 32.3 Å². The molecule has 20 heavy (non-hydrogen) atoms. The highest BCUT2D eigenvalue weighted by Gasteiger charge is 2.37. The van der Waals surface area contributed by atoms with E-state index in [1.54, 1.807) is 0 Å². The Balaban J connectivity index is 2.88. The zero-order chi connectivity index (χ0) is 15.2. The van der Waals surface area contributed by atoms with Crippen molar-refractivity contribution in [1.29, 1.82) is 0 Å². The third kappa shape index (κ3) is 3.81. The minimum atomic E-state index is -1.09. The van der Waals surface area contributed by atoms with E-state index in [0.29, 0.717) is 12.5 Å². The number of carbonyl (C=O) groups is 1. The largest absolute Gasteiger partial charge is 0.467 e. The van der Waals surface area contributed by atoms with Crippen LogP contribution < -0.4 is 5.73 Å². The van der Waals surface area contributed by atoms with Gasteiger partial charge in [0.05, 0.1) is 7.11 Å². The molecule has 1 aromatic carbocycles. The predicted molar refractivity (Wildman–Crippen MR) is 81.3 cm³/mol. The van der Waals surface area contributed by atoms with Crippen LogP contribution >= 0.6 is 0 Å². The van der Waals surface area contributed by atoms with E-state index in [2.05, 4.69) is 25.8 Å². The lowest BCUT2D eigenvalue weighted by Gasteiger charge is -2.31. The summed E-state index contributed by atoms with van der Waals surface area (Å²) in [5.41, 5.74) is 6.07. The van der Waals surface area contributed by atoms with Gasteiger partial charge in [-0.3, -0.25) is 0 Å². The van der Waals surface area contributed by atoms with E-state index in [-0.39, 0.29) is 5.97 Å². The van der Waals surface area contributed by atoms with Gasteiger partial charge in [0.25, 0.3) is 0 Å². The molecule has 0 saturated heterocycles. The molecule has 2 atom stereocenters. The SMILES string of the molecule is CCC(C)N(C)CCC(N)(C(=O)OC)c1ccccc1. The Morgan fingerprint density at radius 1 is 1.40 bits per heavy atom. The Morgan fingerprint density at radius 2 is 2.00 bits per heavy atom. The van der Waals surface area contributed by atoms with Crippen LogP contribution in [0.5, 0.6) is 0 Å². The van der Waals surface area contributed by atoms with Crippen molar-refractivity contribution < 1.29 is 9.53 Å². The number of ether oxygens (including phenoxy) is 1. The van der Waals surface area contributed by atoms with E-state index < -0.39 is 5.54 Å². The molecule has 0 bridgehead atoms. The number of benzene rings is 1. The molecule has 0 aliphatic carbocycles. The molecule has 112 valence electrons. The van der Waals surface area contributed by atoms with Gasteiger partial charge in [-0.1, -0.05) is 37.3 Å². The molecule has 0 aliphatic rings. The van der Waals surface area contributed by atoms with Crippen LogP contribution in [0.3, 0.4) is 0 Å². The van der Waals surface area contributed by atoms with Crippen molar-refractivity contribution in [3.05, 3.63) is 35.9 Å². The van der Waals surface area contributed by atoms with Crippen LogP contribution in [0.15, 0.2) is 30.3 Å². The normalized spacial score (nSPS) is 15.7. The van der Waals surface area contributed by atoms with E-state index in [9.17, 15) is 4.79 Å². The van der Waals surface area contributed by atoms with Crippen molar-refractivity contribution in [1.82, 2.24) is 4.90 Å². The fraction of sp³-hybridized carbons (Fsp3) is 0.562. The highest BCUT2D eigenvalue weighted by molar-refractivity contribution is 5.82. The molecule has 4 nitrogen and oxygen atoms in total. The first kappa shape index (κ1) is 16.7. The van der Waals surface area contributed by atoms with Crippen LogP contribution in [0, 0.1) is 0 Å². The third-order valence-corrected chi connectivity index (χ3v) is 4.04. The Hall–Kier alpha value is -1.39. The first-order chi connectivity index (χ1) is 9.45. The topological polar surface area (TPSA) is 55.6 Å². The second kappa shape index (κ2) is 7.41. The third-order valence-electron chi connectivity index (χ3n) is 4.04. The van der Waals surface area contributed by atoms with Crippen LogP contribution in [-0.2, 0) is 15.1 Å². The lowest BCUT2D eigenvalue weighted by molar-refractivity contribution is -0.148. The lowest BCUT2D eigenvalue weighted by Crippen LogP contribution is -2.48. The molecule has 0 heterocycles. The summed E-state index contributed by atoms with van der Waals surface area (Å²) in [5.74, 6) is -0.388. The van der Waals surface area contributed by atoms with Crippen molar-refractivity contribution in [2.75, 3.05) is 20.7 Å². The maximum absolute atomic E-state index is 12.1. The summed E-state index contributed by atoms with van der Waals surface area (Å²) < 4.78 is 4.91. The van der Waals surface area contributed by atoms with Gasteiger partial charge in [-0.2, -0.15) is 0 Å². The molecule has 1 aromatic rings. The smallest absolute Gasteiger partial charge is 0.330 e. The van der Waals surface area contributed by atoms with Crippen molar-refractivity contribution >= 4 is 5.97 Å². The predicted octanol–water partition coefficient (Wildman–Crippen LogP) is 2.13. The second-order valence-electron chi connectivity index (χ2n) is 5.32. The number of hydrogen-bond acceptors (Lipinski definition) is 4. The number of nitrogens with zero attached hydrogens (tertiary/aromatic N) is 1. The molecule has 0 radical (unpaired) electrons. The summed E-state index contributed by atoms with van der Waals surface area (Å²) in [7, 11) is 3.43. The highest BCUT2D eigenvalue weighted by atomic mass is 16.5. The first-order valence-corrected chi connectivity index (χ1v) is 7.08. The van der Waals surface area contributed by atoms with E-state index in [1.807, 2.05) is 30.3 Å². The van der Waals surface area contributed by atoms with Gasteiger partial charge in [-0.25, -0.2) is 4.79 Å². The van der Waals surface area contributed by atoms with Crippen molar-refractivity contribution in [2.24, 2.45) is 5.73 Å². The minimum absolute atomic E-state index is 0.388. The lowest BCUT2D eigenvalue weighted by atomic mass is 9.87. The summed E-state index contributed by atoms with van der Waals surface area (Å²) in [4.78, 5) is 14.3. The van der Waals surface area contributed by atoms with Gasteiger partial charge < -0.3 is 15.4 Å². The molecule has 0 fully saturated rings. The maximum atomic E-state index is 12.1. The van der Waals surface area contributed by atoms with E-state index in [0.717, 1.165) is 18.5 Å². The molecule has 2 N–H and O–H groups in total. The Bertz CT molecular complexity index is 422. The van der Waals surface area contributed by atoms with Crippen molar-refractivity contribution in [3.63, 3.8) is 0 Å². The summed E-state index contributed by atoms with van der Waals surface area (Å²) >= 11 is 0. The molecule has 1 rings (SSSR count). The Labute approximate surface area is 121 Å². The summed E-state index contributed by atoms with van der Waals surface area (Å²) in [6.07, 6.45) is 1.60. The van der Waals surface area contributed by atoms with E-state index >= 15 is 0 Å². The molecule has 0 aromatic heterocycles. The highest BCUT2D eigenvalue weighted by Crippen LogP contribution is 2.24. The van der Waals surface area contributed by atoms with Crippen molar-refractivity contribution in [3.8, 4) is 0 Å². The monoisotopic (exact) mass is 278 g/mol. The van der Waals surface area contributed by atoms with Gasteiger partial charge in [-0.15, -0.1) is 0 Å². The van der Waals surface area contributed by atoms with Gasteiger partial charge >= 0.3 is 5.97 Å². The molecule has 0 amide bonds. The molecular weight excluding hydrogens is 252 g/mol. The average Bonchev–Trinajstić information content (AvgIpc) is 2.51. The number of carbonyl (C=O) groups excluding carboxylic acids is 1. The molecular formula is C16H26N2O2. The number of nitrogens with two attached hydrogens (primary N) is 1. The Kier molecular flexibility index (Phi) is 6.17. The molecule has 4 heteroatoms. The van der Waals surface area contributed by atoms with Gasteiger partial charge in [0.2, 0.25) is 0 Å². The van der Waals surface area contributed by atoms with Crippen LogP contribution in [0.4, 0.5) is 0 Å². The fourth-order valence-corrected chi connectivity index (χ4v) is 2.17. The fourth-order valence-electron chi connectivity index (χ4n) is 2.17. The van der Waals surface area contributed by atoms with Gasteiger partial charge in [0, 0.05) is 12.6 Å². The zero-order valence-electron chi connectivity index (χ0n) is 12.9. The van der Waals surface area contributed by atoms with Gasteiger partial charge in [0.15, 0.2) is 0 Å². The van der Waals surface area contributed by atoms with Crippen LogP contribution in [-0.4, -0.2) is 37.6 Å². The number of methoxy groups -OCH3 is 1. The number of hydrogen-bond donors (Lipinski definition) is 1. The summed E-state index contributed by atoms with van der Waals surface area (Å²) in [6, 6.07) is 9.90. The van der Waals surface area contributed by atoms with Gasteiger partial charge in [0.1, 0.15) is 5.54 Å². The first-order valence-electron chi connectivity index (χ1n) is 7.08. The number of esters is 1. The summed E-state index contributed by atoms with van der Waals surface area (Å²) in [6.45, 7) is 5.06. The van der Waals surface area contributed by atoms with Crippen LogP contribution in [0.25, 0.3) is 0 Å². The van der Waals surface area contributed by atoms with E-state index in [4.69, 9.17) is 10.5 Å². The van der Waals surface area contributed by atoms with Crippen LogP contribution in [0.2, 0.25) is 0 Å². The zero-order valence-corrected chi connectivity index (χ0v) is 12.9. The van der Waals surface area contributed by atoms with Crippen molar-refractivity contribution in [2.45, 2.75) is 38.3 Å². The minimum Gasteiger partial charge on any atom is -0.467 e. The molecule has 0 aliphatic heterocycles. The molecule has 0 spiro atoms. The second-order valence-corrected chi connectivity index (χ2v) is 5.32. The quantitative estimate of drug-likeness (QED) is 0.776. The summed E-state index contributed by atoms with van der Waals surface area (Å²) in [5, 5.41) is 0. The van der Waals surface area contributed by atoms with E-state index in [1.165, 1.54) is 7.11 Å². The molecule has 0 saturated carbocycles. The average molecular weight is 278 g/mol. The molecule has 2 unspecified atom stereocenters. The maximum Gasteiger partial charge on any atom is 0.330 e. The standard InChI is InChI=1S/C16H26N2O2/c1-5-13(2)18(3)12-11-16(17,15(19)20-4)14-9-7-6-8-10-14/h6-10,13H,5,11-12,17H2,1-4H3. The Morgan fingerprint density at radius 3 is 2.50 bits per heavy atom. The van der Waals surface area contributed by atoms with Gasteiger partial charge in [-0.05, 0) is 32.4 Å².